The number of fused-ring (bicyclic) bond motifs is 3. The quantitative estimate of drug-likeness (QED) is 0.168. The SMILES string of the molecule is c1ccc2oc(-c3ccc(N(c4ccc(-c5ccc(-c6ccc7ccncc7c6)cc5)cc4)c4ccc(-c5cc6ccccc6o5)cc4)cc3)cc2c1. The number of para-hydroxylation sites is 2. The average molecular weight is 681 g/mol. The molecule has 0 aliphatic rings. The molecule has 0 bridgehead atoms. The van der Waals surface area contributed by atoms with Crippen LogP contribution >= 0.6 is 0 Å². The van der Waals surface area contributed by atoms with Crippen LogP contribution in [0.4, 0.5) is 17.1 Å². The van der Waals surface area contributed by atoms with Crippen molar-refractivity contribution in [1.82, 2.24) is 4.98 Å². The lowest BCUT2D eigenvalue weighted by atomic mass is 9.98. The van der Waals surface area contributed by atoms with E-state index in [2.05, 4.69) is 149 Å². The van der Waals surface area contributed by atoms with Crippen molar-refractivity contribution < 1.29 is 8.83 Å². The van der Waals surface area contributed by atoms with Gasteiger partial charge in [0.05, 0.1) is 0 Å². The summed E-state index contributed by atoms with van der Waals surface area (Å²) in [7, 11) is 0. The monoisotopic (exact) mass is 680 g/mol. The molecule has 0 saturated heterocycles. The second kappa shape index (κ2) is 12.9. The summed E-state index contributed by atoms with van der Waals surface area (Å²) < 4.78 is 12.4. The van der Waals surface area contributed by atoms with Crippen LogP contribution in [-0.2, 0) is 0 Å². The number of hydrogen-bond acceptors (Lipinski definition) is 4. The molecule has 0 fully saturated rings. The number of rotatable bonds is 7. The van der Waals surface area contributed by atoms with E-state index in [1.807, 2.05) is 54.9 Å². The van der Waals surface area contributed by atoms with Crippen molar-refractivity contribution in [2.75, 3.05) is 4.90 Å². The molecule has 7 aromatic carbocycles. The van der Waals surface area contributed by atoms with Crippen molar-refractivity contribution in [2.45, 2.75) is 0 Å². The fraction of sp³-hybridized carbons (Fsp3) is 0. The molecule has 0 aliphatic heterocycles. The van der Waals surface area contributed by atoms with Crippen molar-refractivity contribution >= 4 is 49.8 Å². The van der Waals surface area contributed by atoms with Crippen molar-refractivity contribution in [3.63, 3.8) is 0 Å². The van der Waals surface area contributed by atoms with Gasteiger partial charge in [-0.25, -0.2) is 0 Å². The molecular formula is C49H32N2O2. The van der Waals surface area contributed by atoms with Crippen LogP contribution in [0.15, 0.2) is 203 Å². The summed E-state index contributed by atoms with van der Waals surface area (Å²) in [5.74, 6) is 1.71. The van der Waals surface area contributed by atoms with Gasteiger partial charge in [0.15, 0.2) is 0 Å². The summed E-state index contributed by atoms with van der Waals surface area (Å²) in [4.78, 5) is 6.58. The van der Waals surface area contributed by atoms with Gasteiger partial charge >= 0.3 is 0 Å². The number of pyridine rings is 1. The van der Waals surface area contributed by atoms with Crippen LogP contribution in [0.5, 0.6) is 0 Å². The first-order chi connectivity index (χ1) is 26.2. The van der Waals surface area contributed by atoms with Gasteiger partial charge in [0, 0.05) is 56.7 Å². The maximum Gasteiger partial charge on any atom is 0.135 e. The largest absolute Gasteiger partial charge is 0.456 e. The van der Waals surface area contributed by atoms with Crippen molar-refractivity contribution in [1.29, 1.82) is 0 Å². The highest BCUT2D eigenvalue weighted by Crippen LogP contribution is 2.39. The number of benzene rings is 7. The van der Waals surface area contributed by atoms with E-state index in [-0.39, 0.29) is 0 Å². The zero-order valence-corrected chi connectivity index (χ0v) is 28.7. The van der Waals surface area contributed by atoms with Gasteiger partial charge < -0.3 is 13.7 Å². The fourth-order valence-electron chi connectivity index (χ4n) is 7.17. The first-order valence-corrected chi connectivity index (χ1v) is 17.7. The smallest absolute Gasteiger partial charge is 0.135 e. The predicted octanol–water partition coefficient (Wildman–Crippen LogP) is 13.9. The Hall–Kier alpha value is -7.17. The summed E-state index contributed by atoms with van der Waals surface area (Å²) >= 11 is 0. The lowest BCUT2D eigenvalue weighted by Gasteiger charge is -2.26. The van der Waals surface area contributed by atoms with Gasteiger partial charge in [-0.2, -0.15) is 0 Å². The molecular weight excluding hydrogens is 649 g/mol. The third-order valence-corrected chi connectivity index (χ3v) is 9.99. The van der Waals surface area contributed by atoms with Gasteiger partial charge in [-0.15, -0.1) is 0 Å². The van der Waals surface area contributed by atoms with Crippen LogP contribution in [0, 0.1) is 0 Å². The minimum Gasteiger partial charge on any atom is -0.456 e. The van der Waals surface area contributed by atoms with E-state index < -0.39 is 0 Å². The van der Waals surface area contributed by atoms with Crippen LogP contribution in [0.25, 0.3) is 77.6 Å². The van der Waals surface area contributed by atoms with Crippen LogP contribution in [-0.4, -0.2) is 4.98 Å². The van der Waals surface area contributed by atoms with E-state index in [0.717, 1.165) is 72.6 Å². The van der Waals surface area contributed by atoms with Gasteiger partial charge in [0.25, 0.3) is 0 Å². The highest BCUT2D eigenvalue weighted by Gasteiger charge is 2.16. The van der Waals surface area contributed by atoms with E-state index in [1.165, 1.54) is 22.1 Å². The highest BCUT2D eigenvalue weighted by atomic mass is 16.3. The zero-order valence-electron chi connectivity index (χ0n) is 28.7. The number of furan rings is 2. The number of aromatic nitrogens is 1. The lowest BCUT2D eigenvalue weighted by molar-refractivity contribution is 0.631. The molecule has 0 unspecified atom stereocenters. The second-order valence-corrected chi connectivity index (χ2v) is 13.3. The number of anilines is 3. The normalized spacial score (nSPS) is 11.4. The second-order valence-electron chi connectivity index (χ2n) is 13.3. The summed E-state index contributed by atoms with van der Waals surface area (Å²) in [6.07, 6.45) is 3.75. The van der Waals surface area contributed by atoms with Crippen LogP contribution < -0.4 is 4.90 Å². The topological polar surface area (TPSA) is 42.4 Å². The van der Waals surface area contributed by atoms with Crippen LogP contribution in [0.1, 0.15) is 0 Å². The summed E-state index contributed by atoms with van der Waals surface area (Å²) in [6, 6.07) is 63.7. The summed E-state index contributed by atoms with van der Waals surface area (Å²) in [6.45, 7) is 0. The van der Waals surface area contributed by atoms with E-state index >= 15 is 0 Å². The van der Waals surface area contributed by atoms with Crippen molar-refractivity contribution in [3.8, 4) is 44.9 Å². The Bertz CT molecular complexity index is 2680. The molecule has 53 heavy (non-hydrogen) atoms. The fourth-order valence-corrected chi connectivity index (χ4v) is 7.17. The van der Waals surface area contributed by atoms with Crippen LogP contribution in [0.3, 0.4) is 0 Å². The van der Waals surface area contributed by atoms with E-state index in [1.54, 1.807) is 0 Å². The molecule has 0 radical (unpaired) electrons. The van der Waals surface area contributed by atoms with E-state index in [9.17, 15) is 0 Å². The molecule has 3 aromatic heterocycles. The molecule has 0 saturated carbocycles. The third kappa shape index (κ3) is 5.82. The van der Waals surface area contributed by atoms with E-state index in [4.69, 9.17) is 8.83 Å². The maximum atomic E-state index is 6.18. The molecule has 4 heteroatoms. The molecule has 250 valence electrons. The van der Waals surface area contributed by atoms with Gasteiger partial charge in [-0.05, 0) is 125 Å². The summed E-state index contributed by atoms with van der Waals surface area (Å²) in [5, 5.41) is 4.53. The Kier molecular flexibility index (Phi) is 7.43. The molecule has 0 amide bonds. The molecule has 4 nitrogen and oxygen atoms in total. The minimum atomic E-state index is 0.854. The van der Waals surface area contributed by atoms with Gasteiger partial charge in [0.1, 0.15) is 22.7 Å². The Morgan fingerprint density at radius 3 is 1.28 bits per heavy atom. The number of nitrogens with zero attached hydrogens (tertiary/aromatic N) is 2. The minimum absolute atomic E-state index is 0.854. The lowest BCUT2D eigenvalue weighted by Crippen LogP contribution is -2.09. The molecule has 10 rings (SSSR count). The maximum absolute atomic E-state index is 6.18. The molecule has 10 aromatic rings. The Balaban J connectivity index is 0.975. The highest BCUT2D eigenvalue weighted by molar-refractivity contribution is 5.88. The van der Waals surface area contributed by atoms with Crippen molar-refractivity contribution in [3.05, 3.63) is 194 Å². The van der Waals surface area contributed by atoms with E-state index in [0.29, 0.717) is 0 Å². The number of hydrogen-bond donors (Lipinski definition) is 0. The molecule has 0 N–H and O–H groups in total. The molecule has 0 aliphatic carbocycles. The Morgan fingerprint density at radius 1 is 0.340 bits per heavy atom. The molecule has 0 spiro atoms. The average Bonchev–Trinajstić information content (AvgIpc) is 3.87. The van der Waals surface area contributed by atoms with Crippen LogP contribution in [0.2, 0.25) is 0 Å². The van der Waals surface area contributed by atoms with Crippen molar-refractivity contribution in [2.24, 2.45) is 0 Å². The Labute approximate surface area is 306 Å². The first kappa shape index (κ1) is 30.6. The Morgan fingerprint density at radius 2 is 0.774 bits per heavy atom. The molecule has 3 heterocycles. The molecule has 0 atom stereocenters. The zero-order chi connectivity index (χ0) is 35.1. The summed E-state index contributed by atoms with van der Waals surface area (Å²) in [5.41, 5.74) is 11.7. The first-order valence-electron chi connectivity index (χ1n) is 17.7. The van der Waals surface area contributed by atoms with Gasteiger partial charge in [0.2, 0.25) is 0 Å². The standard InChI is InChI=1S/C49H32N2O2/c1-3-7-46-40(5-1)30-48(52-46)37-17-23-44(24-18-37)51(45-25-19-38(20-26-45)49-31-41-6-2-4-8-47(41)53-49)43-21-15-34(16-22-43)33-9-11-35(12-10-33)39-14-13-36-27-28-50-32-42(36)29-39/h1-32H. The van der Waals surface area contributed by atoms with Gasteiger partial charge in [-0.1, -0.05) is 84.9 Å². The third-order valence-electron chi connectivity index (χ3n) is 9.99. The van der Waals surface area contributed by atoms with Gasteiger partial charge in [-0.3, -0.25) is 4.98 Å². The predicted molar refractivity (Wildman–Crippen MR) is 218 cm³/mol.